The lowest BCUT2D eigenvalue weighted by Crippen LogP contribution is -2.37. The predicted octanol–water partition coefficient (Wildman–Crippen LogP) is 2.14. The lowest BCUT2D eigenvalue weighted by atomic mass is 10.0. The van der Waals surface area contributed by atoms with Crippen molar-refractivity contribution in [2.24, 2.45) is 5.92 Å². The zero-order valence-corrected chi connectivity index (χ0v) is 13.8. The number of anilines is 1. The molecular weight excluding hydrogens is 318 g/mol. The summed E-state index contributed by atoms with van der Waals surface area (Å²) in [7, 11) is 0. The summed E-state index contributed by atoms with van der Waals surface area (Å²) in [6, 6.07) is 3.61. The van der Waals surface area contributed by atoms with Crippen LogP contribution in [0.1, 0.15) is 19.3 Å². The van der Waals surface area contributed by atoms with E-state index in [-0.39, 0.29) is 18.2 Å². The minimum atomic E-state index is -0.399. The third kappa shape index (κ3) is 3.95. The number of carbonyl (C=O) groups is 2. The number of amides is 2. The van der Waals surface area contributed by atoms with Crippen LogP contribution in [0.5, 0.6) is 0 Å². The monoisotopic (exact) mass is 337 g/mol. The predicted molar refractivity (Wildman–Crippen MR) is 90.2 cm³/mol. The smallest absolute Gasteiger partial charge is 0.238 e. The van der Waals surface area contributed by atoms with Crippen molar-refractivity contribution in [1.82, 2.24) is 10.3 Å². The molecule has 1 saturated heterocycles. The van der Waals surface area contributed by atoms with Gasteiger partial charge in [-0.3, -0.25) is 9.59 Å². The van der Waals surface area contributed by atoms with E-state index in [4.69, 9.17) is 0 Å². The fourth-order valence-corrected chi connectivity index (χ4v) is 4.81. The molecule has 1 unspecified atom stereocenters. The maximum absolute atomic E-state index is 12.1. The summed E-state index contributed by atoms with van der Waals surface area (Å²) in [5.41, 5.74) is 0.730. The average molecular weight is 337 g/mol. The summed E-state index contributed by atoms with van der Waals surface area (Å²) in [5, 5.41) is 6.18. The quantitative estimate of drug-likeness (QED) is 0.881. The Labute approximate surface area is 138 Å². The number of carbonyl (C=O) groups excluding carboxylic acids is 2. The van der Waals surface area contributed by atoms with Crippen molar-refractivity contribution in [1.29, 1.82) is 0 Å². The standard InChI is InChI=1S/C15H19N3O2S2/c19-13(17-9-10-3-6-21-7-4-10)8-12-14(20)18-11-2-1-5-16-15(11)22-12/h1-2,5,10,12H,3-4,6-9H2,(H,17,19)(H,18,20). The van der Waals surface area contributed by atoms with Crippen LogP contribution >= 0.6 is 23.5 Å². The number of thioether (sulfide) groups is 2. The minimum absolute atomic E-state index is 0.0507. The summed E-state index contributed by atoms with van der Waals surface area (Å²) < 4.78 is 0. The van der Waals surface area contributed by atoms with E-state index in [1.165, 1.54) is 36.1 Å². The van der Waals surface area contributed by atoms with Crippen molar-refractivity contribution < 1.29 is 9.59 Å². The highest BCUT2D eigenvalue weighted by molar-refractivity contribution is 8.00. The molecule has 1 atom stereocenters. The zero-order valence-electron chi connectivity index (χ0n) is 12.2. The van der Waals surface area contributed by atoms with Crippen LogP contribution in [-0.4, -0.2) is 40.1 Å². The molecular formula is C15H19N3O2S2. The van der Waals surface area contributed by atoms with Crippen LogP contribution in [0, 0.1) is 5.92 Å². The van der Waals surface area contributed by atoms with Crippen molar-refractivity contribution in [3.8, 4) is 0 Å². The lowest BCUT2D eigenvalue weighted by molar-refractivity contribution is -0.124. The Morgan fingerprint density at radius 3 is 3.05 bits per heavy atom. The van der Waals surface area contributed by atoms with Gasteiger partial charge in [0, 0.05) is 19.2 Å². The Balaban J connectivity index is 1.50. The van der Waals surface area contributed by atoms with Crippen molar-refractivity contribution in [2.75, 3.05) is 23.4 Å². The highest BCUT2D eigenvalue weighted by atomic mass is 32.2. The van der Waals surface area contributed by atoms with Gasteiger partial charge in [-0.2, -0.15) is 11.8 Å². The van der Waals surface area contributed by atoms with Crippen LogP contribution in [0.25, 0.3) is 0 Å². The third-order valence-electron chi connectivity index (χ3n) is 3.87. The molecule has 0 bridgehead atoms. The van der Waals surface area contributed by atoms with Gasteiger partial charge in [-0.05, 0) is 42.4 Å². The van der Waals surface area contributed by atoms with Crippen molar-refractivity contribution in [3.05, 3.63) is 18.3 Å². The van der Waals surface area contributed by atoms with Crippen LogP contribution in [0.3, 0.4) is 0 Å². The molecule has 5 nitrogen and oxygen atoms in total. The first-order valence-corrected chi connectivity index (χ1v) is 9.53. The maximum atomic E-state index is 12.1. The average Bonchev–Trinajstić information content (AvgIpc) is 2.55. The van der Waals surface area contributed by atoms with Gasteiger partial charge < -0.3 is 10.6 Å². The maximum Gasteiger partial charge on any atom is 0.238 e. The number of nitrogens with one attached hydrogen (secondary N) is 2. The number of fused-ring (bicyclic) bond motifs is 1. The third-order valence-corrected chi connectivity index (χ3v) is 6.14. The highest BCUT2D eigenvalue weighted by Gasteiger charge is 2.29. The molecule has 2 aliphatic rings. The second kappa shape index (κ2) is 7.37. The molecule has 0 aromatic carbocycles. The van der Waals surface area contributed by atoms with Gasteiger partial charge >= 0.3 is 0 Å². The Morgan fingerprint density at radius 1 is 1.41 bits per heavy atom. The first-order chi connectivity index (χ1) is 10.7. The molecule has 0 saturated carbocycles. The number of hydrogen-bond donors (Lipinski definition) is 2. The molecule has 1 fully saturated rings. The topological polar surface area (TPSA) is 71.1 Å². The van der Waals surface area contributed by atoms with Crippen LogP contribution in [0.15, 0.2) is 23.4 Å². The Bertz CT molecular complexity index is 561. The highest BCUT2D eigenvalue weighted by Crippen LogP contribution is 2.34. The summed E-state index contributed by atoms with van der Waals surface area (Å²) in [5.74, 6) is 2.79. The molecule has 0 spiro atoms. The van der Waals surface area contributed by atoms with Gasteiger partial charge in [-0.25, -0.2) is 4.98 Å². The normalized spacial score (nSPS) is 21.8. The number of nitrogens with zero attached hydrogens (tertiary/aromatic N) is 1. The molecule has 1 aromatic heterocycles. The largest absolute Gasteiger partial charge is 0.356 e. The molecule has 22 heavy (non-hydrogen) atoms. The van der Waals surface area contributed by atoms with Crippen molar-refractivity contribution >= 4 is 41.0 Å². The summed E-state index contributed by atoms with van der Waals surface area (Å²) in [6.07, 6.45) is 4.23. The van der Waals surface area contributed by atoms with Gasteiger partial charge in [-0.1, -0.05) is 11.8 Å². The van der Waals surface area contributed by atoms with Gasteiger partial charge in [0.2, 0.25) is 11.8 Å². The first kappa shape index (κ1) is 15.7. The Kier molecular flexibility index (Phi) is 5.25. The van der Waals surface area contributed by atoms with Crippen molar-refractivity contribution in [2.45, 2.75) is 29.5 Å². The van der Waals surface area contributed by atoms with E-state index in [1.807, 2.05) is 17.8 Å². The van der Waals surface area contributed by atoms with Crippen LogP contribution in [0.2, 0.25) is 0 Å². The molecule has 7 heteroatoms. The van der Waals surface area contributed by atoms with Gasteiger partial charge in [-0.15, -0.1) is 0 Å². The molecule has 3 rings (SSSR count). The summed E-state index contributed by atoms with van der Waals surface area (Å²) >= 11 is 3.35. The number of pyridine rings is 1. The number of hydrogen-bond acceptors (Lipinski definition) is 5. The molecule has 0 radical (unpaired) electrons. The SMILES string of the molecule is O=C(CC1Sc2ncccc2NC1=O)NCC1CCSCC1. The van der Waals surface area contributed by atoms with Crippen LogP contribution in [0.4, 0.5) is 5.69 Å². The van der Waals surface area contributed by atoms with E-state index >= 15 is 0 Å². The molecule has 1 aromatic rings. The molecule has 3 heterocycles. The molecule has 2 N–H and O–H groups in total. The lowest BCUT2D eigenvalue weighted by Gasteiger charge is -2.24. The van der Waals surface area contributed by atoms with Crippen LogP contribution in [-0.2, 0) is 9.59 Å². The first-order valence-electron chi connectivity index (χ1n) is 7.49. The van der Waals surface area contributed by atoms with Gasteiger partial charge in [0.25, 0.3) is 0 Å². The van der Waals surface area contributed by atoms with E-state index in [0.717, 1.165) is 17.3 Å². The summed E-state index contributed by atoms with van der Waals surface area (Å²) in [4.78, 5) is 28.4. The molecule has 0 aliphatic carbocycles. The van der Waals surface area contributed by atoms with E-state index in [1.54, 1.807) is 12.3 Å². The zero-order chi connectivity index (χ0) is 15.4. The van der Waals surface area contributed by atoms with Gasteiger partial charge in [0.1, 0.15) is 5.03 Å². The second-order valence-electron chi connectivity index (χ2n) is 5.52. The summed E-state index contributed by atoms with van der Waals surface area (Å²) in [6.45, 7) is 0.729. The van der Waals surface area contributed by atoms with E-state index in [9.17, 15) is 9.59 Å². The minimum Gasteiger partial charge on any atom is -0.356 e. The van der Waals surface area contributed by atoms with Crippen LogP contribution < -0.4 is 10.6 Å². The molecule has 2 amide bonds. The van der Waals surface area contributed by atoms with E-state index in [0.29, 0.717) is 5.92 Å². The molecule has 118 valence electrons. The van der Waals surface area contributed by atoms with Gasteiger partial charge in [0.05, 0.1) is 10.9 Å². The Hall–Kier alpha value is -1.21. The van der Waals surface area contributed by atoms with Crippen molar-refractivity contribution in [3.63, 3.8) is 0 Å². The number of aromatic nitrogens is 1. The second-order valence-corrected chi connectivity index (χ2v) is 7.93. The molecule has 2 aliphatic heterocycles. The fourth-order valence-electron chi connectivity index (χ4n) is 2.56. The fraction of sp³-hybridized carbons (Fsp3) is 0.533. The van der Waals surface area contributed by atoms with E-state index < -0.39 is 5.25 Å². The number of rotatable bonds is 4. The van der Waals surface area contributed by atoms with E-state index in [2.05, 4.69) is 15.6 Å². The Morgan fingerprint density at radius 2 is 2.23 bits per heavy atom. The van der Waals surface area contributed by atoms with Gasteiger partial charge in [0.15, 0.2) is 0 Å².